The number of carbonyl (C=O) groups is 1. The summed E-state index contributed by atoms with van der Waals surface area (Å²) in [7, 11) is 0. The summed E-state index contributed by atoms with van der Waals surface area (Å²) in [5, 5.41) is 5.94. The number of nitrogens with one attached hydrogen (secondary N) is 2. The van der Waals surface area contributed by atoms with Crippen LogP contribution >= 0.6 is 0 Å². The minimum Gasteiger partial charge on any atom is -0.331 e. The van der Waals surface area contributed by atoms with Crippen LogP contribution in [0.15, 0.2) is 54.6 Å². The Balaban J connectivity index is 2.05. The van der Waals surface area contributed by atoms with Crippen molar-refractivity contribution in [3.63, 3.8) is 0 Å². The summed E-state index contributed by atoms with van der Waals surface area (Å²) < 4.78 is 0. The minimum absolute atomic E-state index is 0.00370. The Hall–Kier alpha value is -2.29. The monoisotopic (exact) mass is 282 g/mol. The molecular formula is C18H22N2O. The Bertz CT molecular complexity index is 593. The highest BCUT2D eigenvalue weighted by Crippen LogP contribution is 2.21. The molecule has 2 amide bonds. The maximum absolute atomic E-state index is 12.2. The maximum Gasteiger partial charge on any atom is 0.319 e. The lowest BCUT2D eigenvalue weighted by Gasteiger charge is -2.23. The van der Waals surface area contributed by atoms with Gasteiger partial charge in [0.25, 0.3) is 0 Å². The molecule has 0 aliphatic heterocycles. The number of carbonyl (C=O) groups excluding carboxylic acids is 1. The Kier molecular flexibility index (Phi) is 4.99. The second-order valence-electron chi connectivity index (χ2n) is 5.60. The van der Waals surface area contributed by atoms with Gasteiger partial charge in [0.2, 0.25) is 0 Å². The first kappa shape index (κ1) is 15.1. The zero-order chi connectivity index (χ0) is 15.2. The summed E-state index contributed by atoms with van der Waals surface area (Å²) in [5.74, 6) is 0.315. The standard InChI is InChI=1S/C18H22N2O/c1-13(2)17(15-9-5-4-6-10-15)20-18(21)19-16-11-7-8-14(3)12-16/h4-13,17H,1-3H3,(H2,19,20,21). The molecule has 0 aliphatic carbocycles. The molecule has 21 heavy (non-hydrogen) atoms. The van der Waals surface area contributed by atoms with Crippen molar-refractivity contribution in [2.24, 2.45) is 5.92 Å². The number of rotatable bonds is 4. The molecule has 2 aromatic rings. The van der Waals surface area contributed by atoms with Crippen molar-refractivity contribution in [1.82, 2.24) is 5.32 Å². The van der Waals surface area contributed by atoms with Crippen LogP contribution in [-0.2, 0) is 0 Å². The largest absolute Gasteiger partial charge is 0.331 e. The number of hydrogen-bond acceptors (Lipinski definition) is 1. The van der Waals surface area contributed by atoms with Crippen molar-refractivity contribution in [2.45, 2.75) is 26.8 Å². The highest BCUT2D eigenvalue weighted by atomic mass is 16.2. The average Bonchev–Trinajstić information content (AvgIpc) is 2.45. The highest BCUT2D eigenvalue weighted by Gasteiger charge is 2.17. The molecule has 1 atom stereocenters. The molecule has 0 bridgehead atoms. The normalized spacial score (nSPS) is 12.0. The van der Waals surface area contributed by atoms with E-state index in [0.717, 1.165) is 16.8 Å². The van der Waals surface area contributed by atoms with Crippen LogP contribution in [0.4, 0.5) is 10.5 Å². The number of amides is 2. The lowest BCUT2D eigenvalue weighted by Crippen LogP contribution is -2.35. The first-order valence-electron chi connectivity index (χ1n) is 7.25. The van der Waals surface area contributed by atoms with E-state index >= 15 is 0 Å². The van der Waals surface area contributed by atoms with Gasteiger partial charge in [0.1, 0.15) is 0 Å². The summed E-state index contributed by atoms with van der Waals surface area (Å²) >= 11 is 0. The van der Waals surface area contributed by atoms with Crippen LogP contribution in [0.1, 0.15) is 31.0 Å². The second-order valence-corrected chi connectivity index (χ2v) is 5.60. The molecule has 3 nitrogen and oxygen atoms in total. The number of aryl methyl sites for hydroxylation is 1. The van der Waals surface area contributed by atoms with Gasteiger partial charge in [-0.2, -0.15) is 0 Å². The van der Waals surface area contributed by atoms with Crippen molar-refractivity contribution < 1.29 is 4.79 Å². The van der Waals surface area contributed by atoms with Crippen LogP contribution in [0.25, 0.3) is 0 Å². The van der Waals surface area contributed by atoms with Crippen molar-refractivity contribution in [2.75, 3.05) is 5.32 Å². The third-order valence-corrected chi connectivity index (χ3v) is 3.39. The summed E-state index contributed by atoms with van der Waals surface area (Å²) in [6.07, 6.45) is 0. The number of hydrogen-bond donors (Lipinski definition) is 2. The summed E-state index contributed by atoms with van der Waals surface area (Å²) in [5.41, 5.74) is 3.05. The van der Waals surface area contributed by atoms with Crippen molar-refractivity contribution in [3.8, 4) is 0 Å². The van der Waals surface area contributed by atoms with Crippen LogP contribution in [0.2, 0.25) is 0 Å². The van der Waals surface area contributed by atoms with Gasteiger partial charge in [-0.05, 0) is 36.1 Å². The molecule has 2 aromatic carbocycles. The van der Waals surface area contributed by atoms with Crippen LogP contribution in [0, 0.1) is 12.8 Å². The van der Waals surface area contributed by atoms with E-state index in [-0.39, 0.29) is 12.1 Å². The predicted molar refractivity (Wildman–Crippen MR) is 87.4 cm³/mol. The van der Waals surface area contributed by atoms with E-state index in [0.29, 0.717) is 5.92 Å². The SMILES string of the molecule is Cc1cccc(NC(=O)NC(c2ccccc2)C(C)C)c1. The van der Waals surface area contributed by atoms with Crippen LogP contribution in [-0.4, -0.2) is 6.03 Å². The van der Waals surface area contributed by atoms with Crippen molar-refractivity contribution in [3.05, 3.63) is 65.7 Å². The molecule has 0 saturated heterocycles. The van der Waals surface area contributed by atoms with Crippen molar-refractivity contribution >= 4 is 11.7 Å². The fraction of sp³-hybridized carbons (Fsp3) is 0.278. The van der Waals surface area contributed by atoms with Gasteiger partial charge in [0.15, 0.2) is 0 Å². The molecule has 110 valence electrons. The molecule has 0 radical (unpaired) electrons. The second kappa shape index (κ2) is 6.93. The number of anilines is 1. The van der Waals surface area contributed by atoms with E-state index in [9.17, 15) is 4.79 Å². The Morgan fingerprint density at radius 2 is 1.71 bits per heavy atom. The quantitative estimate of drug-likeness (QED) is 0.851. The van der Waals surface area contributed by atoms with Crippen LogP contribution in [0.5, 0.6) is 0 Å². The fourth-order valence-electron chi connectivity index (χ4n) is 2.33. The first-order valence-corrected chi connectivity index (χ1v) is 7.25. The van der Waals surface area contributed by atoms with Crippen LogP contribution in [0.3, 0.4) is 0 Å². The fourth-order valence-corrected chi connectivity index (χ4v) is 2.33. The van der Waals surface area contributed by atoms with E-state index in [1.807, 2.05) is 61.5 Å². The van der Waals surface area contributed by atoms with E-state index < -0.39 is 0 Å². The van der Waals surface area contributed by atoms with Gasteiger partial charge < -0.3 is 10.6 Å². The van der Waals surface area contributed by atoms with Gasteiger partial charge >= 0.3 is 6.03 Å². The molecule has 0 heterocycles. The molecular weight excluding hydrogens is 260 g/mol. The van der Waals surface area contributed by atoms with Gasteiger partial charge in [-0.1, -0.05) is 56.3 Å². The van der Waals surface area contributed by atoms with E-state index in [1.165, 1.54) is 0 Å². The molecule has 2 rings (SSSR count). The lowest BCUT2D eigenvalue weighted by atomic mass is 9.96. The summed E-state index contributed by atoms with van der Waals surface area (Å²) in [4.78, 5) is 12.2. The predicted octanol–water partition coefficient (Wildman–Crippen LogP) is 4.51. The van der Waals surface area contributed by atoms with E-state index in [4.69, 9.17) is 0 Å². The zero-order valence-electron chi connectivity index (χ0n) is 12.8. The van der Waals surface area contributed by atoms with E-state index in [1.54, 1.807) is 0 Å². The Morgan fingerprint density at radius 3 is 2.33 bits per heavy atom. The van der Waals surface area contributed by atoms with Crippen LogP contribution < -0.4 is 10.6 Å². The Morgan fingerprint density at radius 1 is 1.00 bits per heavy atom. The third kappa shape index (κ3) is 4.35. The van der Waals surface area contributed by atoms with Gasteiger partial charge in [0.05, 0.1) is 6.04 Å². The average molecular weight is 282 g/mol. The third-order valence-electron chi connectivity index (χ3n) is 3.39. The molecule has 0 aliphatic rings. The molecule has 2 N–H and O–H groups in total. The van der Waals surface area contributed by atoms with Gasteiger partial charge in [-0.25, -0.2) is 4.79 Å². The number of benzene rings is 2. The van der Waals surface area contributed by atoms with Gasteiger partial charge in [-0.15, -0.1) is 0 Å². The van der Waals surface area contributed by atoms with Gasteiger partial charge in [-0.3, -0.25) is 0 Å². The maximum atomic E-state index is 12.2. The molecule has 0 saturated carbocycles. The first-order chi connectivity index (χ1) is 10.1. The van der Waals surface area contributed by atoms with Gasteiger partial charge in [0, 0.05) is 5.69 Å². The number of urea groups is 1. The molecule has 0 spiro atoms. The molecule has 3 heteroatoms. The van der Waals surface area contributed by atoms with Crippen molar-refractivity contribution in [1.29, 1.82) is 0 Å². The zero-order valence-corrected chi connectivity index (χ0v) is 12.8. The summed E-state index contributed by atoms with van der Waals surface area (Å²) in [6.45, 7) is 6.21. The summed E-state index contributed by atoms with van der Waals surface area (Å²) in [6, 6.07) is 17.6. The molecule has 0 aromatic heterocycles. The molecule has 0 fully saturated rings. The molecule has 1 unspecified atom stereocenters. The lowest BCUT2D eigenvalue weighted by molar-refractivity contribution is 0.244. The highest BCUT2D eigenvalue weighted by molar-refractivity contribution is 5.89. The smallest absolute Gasteiger partial charge is 0.319 e. The van der Waals surface area contributed by atoms with E-state index in [2.05, 4.69) is 24.5 Å². The minimum atomic E-state index is -0.178. The Labute approximate surface area is 126 Å². The topological polar surface area (TPSA) is 41.1 Å².